The molecule has 0 aliphatic heterocycles. The van der Waals surface area contributed by atoms with Gasteiger partial charge >= 0.3 is 0 Å². The van der Waals surface area contributed by atoms with Gasteiger partial charge in [-0.15, -0.1) is 0 Å². The molecule has 1 N–H and O–H groups in total. The van der Waals surface area contributed by atoms with E-state index in [1.165, 1.54) is 12.8 Å². The van der Waals surface area contributed by atoms with Crippen molar-refractivity contribution in [1.29, 1.82) is 0 Å². The fourth-order valence-electron chi connectivity index (χ4n) is 1.28. The van der Waals surface area contributed by atoms with Crippen molar-refractivity contribution in [3.05, 3.63) is 24.5 Å². The molecule has 0 spiro atoms. The van der Waals surface area contributed by atoms with Gasteiger partial charge in [-0.3, -0.25) is 4.79 Å². The van der Waals surface area contributed by atoms with E-state index < -0.39 is 0 Å². The van der Waals surface area contributed by atoms with Gasteiger partial charge in [0.25, 0.3) is 0 Å². The highest BCUT2D eigenvalue weighted by Crippen LogP contribution is 2.27. The van der Waals surface area contributed by atoms with Crippen molar-refractivity contribution in [1.82, 2.24) is 9.88 Å². The second-order valence-electron chi connectivity index (χ2n) is 3.60. The normalized spacial score (nSPS) is 15.7. The SMILES string of the molecule is O=C(Cn1cccc1)NCC1CC1. The summed E-state index contributed by atoms with van der Waals surface area (Å²) in [6, 6.07) is 3.85. The summed E-state index contributed by atoms with van der Waals surface area (Å²) in [5, 5.41) is 2.92. The third-order valence-corrected chi connectivity index (χ3v) is 2.28. The van der Waals surface area contributed by atoms with Gasteiger partial charge in [0, 0.05) is 18.9 Å². The molecule has 3 heteroatoms. The maximum atomic E-state index is 11.3. The van der Waals surface area contributed by atoms with E-state index in [-0.39, 0.29) is 5.91 Å². The van der Waals surface area contributed by atoms with Crippen LogP contribution in [-0.2, 0) is 11.3 Å². The number of hydrogen-bond donors (Lipinski definition) is 1. The summed E-state index contributed by atoms with van der Waals surface area (Å²) in [4.78, 5) is 11.3. The maximum Gasteiger partial charge on any atom is 0.239 e. The predicted octanol–water partition coefficient (Wildman–Crippen LogP) is 1.01. The van der Waals surface area contributed by atoms with Crippen LogP contribution in [0.2, 0.25) is 0 Å². The van der Waals surface area contributed by atoms with Crippen molar-refractivity contribution in [3.63, 3.8) is 0 Å². The Kier molecular flexibility index (Phi) is 2.34. The van der Waals surface area contributed by atoms with Crippen LogP contribution in [0.25, 0.3) is 0 Å². The largest absolute Gasteiger partial charge is 0.354 e. The highest BCUT2D eigenvalue weighted by molar-refractivity contribution is 5.75. The lowest BCUT2D eigenvalue weighted by Gasteiger charge is -2.04. The molecule has 0 bridgehead atoms. The molecule has 1 amide bonds. The minimum Gasteiger partial charge on any atom is -0.354 e. The van der Waals surface area contributed by atoms with E-state index in [1.54, 1.807) is 0 Å². The molecule has 0 radical (unpaired) electrons. The summed E-state index contributed by atoms with van der Waals surface area (Å²) in [5.41, 5.74) is 0. The molecule has 1 heterocycles. The van der Waals surface area contributed by atoms with Crippen LogP contribution >= 0.6 is 0 Å². The zero-order chi connectivity index (χ0) is 9.10. The number of nitrogens with zero attached hydrogens (tertiary/aromatic N) is 1. The number of hydrogen-bond acceptors (Lipinski definition) is 1. The lowest BCUT2D eigenvalue weighted by atomic mass is 10.4. The van der Waals surface area contributed by atoms with E-state index >= 15 is 0 Å². The average Bonchev–Trinajstić information content (AvgIpc) is 2.82. The second-order valence-corrected chi connectivity index (χ2v) is 3.60. The number of nitrogens with one attached hydrogen (secondary N) is 1. The molecule has 70 valence electrons. The molecular weight excluding hydrogens is 164 g/mol. The molecule has 0 aromatic carbocycles. The molecule has 1 aliphatic rings. The van der Waals surface area contributed by atoms with Gasteiger partial charge in [-0.25, -0.2) is 0 Å². The molecule has 1 aromatic heterocycles. The maximum absolute atomic E-state index is 11.3. The van der Waals surface area contributed by atoms with E-state index in [2.05, 4.69) is 5.32 Å². The molecule has 0 saturated heterocycles. The molecule has 3 nitrogen and oxygen atoms in total. The molecule has 1 fully saturated rings. The van der Waals surface area contributed by atoms with Crippen LogP contribution in [0.1, 0.15) is 12.8 Å². The first-order valence-corrected chi connectivity index (χ1v) is 4.72. The highest BCUT2D eigenvalue weighted by Gasteiger charge is 2.21. The molecule has 1 aromatic rings. The Bertz CT molecular complexity index is 275. The summed E-state index contributed by atoms with van der Waals surface area (Å²) in [6.45, 7) is 1.31. The Balaban J connectivity index is 1.71. The first-order chi connectivity index (χ1) is 6.34. The Morgan fingerprint density at radius 1 is 1.38 bits per heavy atom. The number of carbonyl (C=O) groups is 1. The number of carbonyl (C=O) groups excluding carboxylic acids is 1. The zero-order valence-electron chi connectivity index (χ0n) is 7.57. The van der Waals surface area contributed by atoms with Crippen molar-refractivity contribution in [2.24, 2.45) is 5.92 Å². The summed E-state index contributed by atoms with van der Waals surface area (Å²) >= 11 is 0. The van der Waals surface area contributed by atoms with Gasteiger partial charge in [-0.05, 0) is 30.9 Å². The Morgan fingerprint density at radius 2 is 2.08 bits per heavy atom. The minimum absolute atomic E-state index is 0.114. The van der Waals surface area contributed by atoms with Gasteiger partial charge < -0.3 is 9.88 Å². The van der Waals surface area contributed by atoms with E-state index in [4.69, 9.17) is 0 Å². The minimum atomic E-state index is 0.114. The van der Waals surface area contributed by atoms with Gasteiger partial charge in [-0.1, -0.05) is 0 Å². The van der Waals surface area contributed by atoms with Crippen LogP contribution in [0.15, 0.2) is 24.5 Å². The third kappa shape index (κ3) is 2.61. The average molecular weight is 178 g/mol. The van der Waals surface area contributed by atoms with Crippen LogP contribution in [0.4, 0.5) is 0 Å². The molecule has 1 aliphatic carbocycles. The quantitative estimate of drug-likeness (QED) is 0.733. The van der Waals surface area contributed by atoms with Gasteiger partial charge in [0.05, 0.1) is 0 Å². The molecule has 1 saturated carbocycles. The third-order valence-electron chi connectivity index (χ3n) is 2.28. The Labute approximate surface area is 77.7 Å². The van der Waals surface area contributed by atoms with E-state index in [1.807, 2.05) is 29.1 Å². The van der Waals surface area contributed by atoms with E-state index in [9.17, 15) is 4.79 Å². The predicted molar refractivity (Wildman–Crippen MR) is 50.2 cm³/mol. The molecule has 13 heavy (non-hydrogen) atoms. The van der Waals surface area contributed by atoms with Crippen LogP contribution in [0, 0.1) is 5.92 Å². The topological polar surface area (TPSA) is 34.0 Å². The second kappa shape index (κ2) is 3.64. The Morgan fingerprint density at radius 3 is 2.69 bits per heavy atom. The molecule has 0 unspecified atom stereocenters. The van der Waals surface area contributed by atoms with Crippen molar-refractivity contribution in [2.75, 3.05) is 6.54 Å². The van der Waals surface area contributed by atoms with Crippen LogP contribution < -0.4 is 5.32 Å². The summed E-state index contributed by atoms with van der Waals surface area (Å²) in [7, 11) is 0. The first kappa shape index (κ1) is 8.35. The van der Waals surface area contributed by atoms with E-state index in [0.717, 1.165) is 12.5 Å². The fraction of sp³-hybridized carbons (Fsp3) is 0.500. The van der Waals surface area contributed by atoms with Crippen LogP contribution in [0.3, 0.4) is 0 Å². The highest BCUT2D eigenvalue weighted by atomic mass is 16.1. The summed E-state index contributed by atoms with van der Waals surface area (Å²) in [5.74, 6) is 0.872. The van der Waals surface area contributed by atoms with Crippen molar-refractivity contribution in [2.45, 2.75) is 19.4 Å². The number of rotatable bonds is 4. The van der Waals surface area contributed by atoms with Gasteiger partial charge in [0.2, 0.25) is 5.91 Å². The van der Waals surface area contributed by atoms with Gasteiger partial charge in [0.15, 0.2) is 0 Å². The number of amides is 1. The number of aromatic nitrogens is 1. The summed E-state index contributed by atoms with van der Waals surface area (Å²) in [6.07, 6.45) is 6.36. The Hall–Kier alpha value is -1.25. The van der Waals surface area contributed by atoms with Crippen molar-refractivity contribution < 1.29 is 4.79 Å². The van der Waals surface area contributed by atoms with Crippen LogP contribution in [-0.4, -0.2) is 17.0 Å². The van der Waals surface area contributed by atoms with Crippen molar-refractivity contribution >= 4 is 5.91 Å². The van der Waals surface area contributed by atoms with E-state index in [0.29, 0.717) is 6.54 Å². The van der Waals surface area contributed by atoms with Gasteiger partial charge in [0.1, 0.15) is 6.54 Å². The lowest BCUT2D eigenvalue weighted by molar-refractivity contribution is -0.121. The molecule has 0 atom stereocenters. The lowest BCUT2D eigenvalue weighted by Crippen LogP contribution is -2.28. The standard InChI is InChI=1S/C10H14N2O/c13-10(11-7-9-3-4-9)8-12-5-1-2-6-12/h1-2,5-6,9H,3-4,7-8H2,(H,11,13). The van der Waals surface area contributed by atoms with Crippen LogP contribution in [0.5, 0.6) is 0 Å². The van der Waals surface area contributed by atoms with Crippen molar-refractivity contribution in [3.8, 4) is 0 Å². The summed E-state index contributed by atoms with van der Waals surface area (Å²) < 4.78 is 1.88. The van der Waals surface area contributed by atoms with Gasteiger partial charge in [-0.2, -0.15) is 0 Å². The molecule has 2 rings (SSSR count). The molecular formula is C10H14N2O. The monoisotopic (exact) mass is 178 g/mol. The smallest absolute Gasteiger partial charge is 0.239 e. The first-order valence-electron chi connectivity index (χ1n) is 4.72. The zero-order valence-corrected chi connectivity index (χ0v) is 7.57. The fourth-order valence-corrected chi connectivity index (χ4v) is 1.28.